The van der Waals surface area contributed by atoms with Gasteiger partial charge in [0.15, 0.2) is 0 Å². The van der Waals surface area contributed by atoms with Gasteiger partial charge >= 0.3 is 12.1 Å². The molecule has 100 valence electrons. The molecule has 0 spiro atoms. The van der Waals surface area contributed by atoms with Gasteiger partial charge in [-0.25, -0.2) is 0 Å². The summed E-state index contributed by atoms with van der Waals surface area (Å²) in [6.07, 6.45) is -3.61. The zero-order chi connectivity index (χ0) is 13.8. The van der Waals surface area contributed by atoms with Gasteiger partial charge in [0.25, 0.3) is 0 Å². The summed E-state index contributed by atoms with van der Waals surface area (Å²) in [6.45, 7) is 0.101. The summed E-state index contributed by atoms with van der Waals surface area (Å²) in [5.74, 6) is -1.79. The van der Waals surface area contributed by atoms with E-state index in [2.05, 4.69) is 22.6 Å². The van der Waals surface area contributed by atoms with Crippen LogP contribution in [0.2, 0.25) is 0 Å². The van der Waals surface area contributed by atoms with Gasteiger partial charge in [-0.15, -0.1) is 0 Å². The molecular formula is C12H13F3INO. The van der Waals surface area contributed by atoms with Crippen LogP contribution in [0.3, 0.4) is 0 Å². The number of carbonyl (C=O) groups excluding carboxylic acids is 1. The lowest BCUT2D eigenvalue weighted by Crippen LogP contribution is -2.39. The molecule has 0 atom stereocenters. The van der Waals surface area contributed by atoms with Gasteiger partial charge < -0.3 is 4.90 Å². The van der Waals surface area contributed by atoms with E-state index in [0.29, 0.717) is 12.8 Å². The Morgan fingerprint density at radius 2 is 1.94 bits per heavy atom. The third kappa shape index (κ3) is 4.47. The summed E-state index contributed by atoms with van der Waals surface area (Å²) >= 11 is 2.18. The van der Waals surface area contributed by atoms with Crippen molar-refractivity contribution >= 4 is 28.5 Å². The van der Waals surface area contributed by atoms with Crippen molar-refractivity contribution in [1.82, 2.24) is 4.90 Å². The molecule has 6 heteroatoms. The Morgan fingerprint density at radius 1 is 1.33 bits per heavy atom. The van der Waals surface area contributed by atoms with E-state index in [1.54, 1.807) is 0 Å². The van der Waals surface area contributed by atoms with Crippen molar-refractivity contribution < 1.29 is 18.0 Å². The van der Waals surface area contributed by atoms with E-state index in [-0.39, 0.29) is 6.54 Å². The lowest BCUT2D eigenvalue weighted by atomic mass is 10.1. The number of benzene rings is 1. The van der Waals surface area contributed by atoms with Crippen molar-refractivity contribution in [2.45, 2.75) is 19.0 Å². The Balaban J connectivity index is 2.43. The second-order valence-corrected chi connectivity index (χ2v) is 5.08. The van der Waals surface area contributed by atoms with E-state index >= 15 is 0 Å². The first-order valence-corrected chi connectivity index (χ1v) is 6.46. The van der Waals surface area contributed by atoms with Crippen molar-refractivity contribution in [3.8, 4) is 0 Å². The monoisotopic (exact) mass is 371 g/mol. The molecule has 0 aromatic heterocycles. The maximum absolute atomic E-state index is 12.1. The number of halogens is 4. The van der Waals surface area contributed by atoms with Crippen LogP contribution in [0.25, 0.3) is 0 Å². The minimum atomic E-state index is -4.78. The summed E-state index contributed by atoms with van der Waals surface area (Å²) in [5, 5.41) is 0. The van der Waals surface area contributed by atoms with Crippen LogP contribution in [0, 0.1) is 3.57 Å². The van der Waals surface area contributed by atoms with Crippen LogP contribution in [0.4, 0.5) is 13.2 Å². The predicted molar refractivity (Wildman–Crippen MR) is 71.2 cm³/mol. The second-order valence-electron chi connectivity index (χ2n) is 3.92. The van der Waals surface area contributed by atoms with Crippen LogP contribution >= 0.6 is 22.6 Å². The summed E-state index contributed by atoms with van der Waals surface area (Å²) in [4.78, 5) is 11.6. The molecule has 0 aliphatic rings. The van der Waals surface area contributed by atoms with Gasteiger partial charge in [-0.05, 0) is 47.1 Å². The number of carbonyl (C=O) groups is 1. The molecule has 1 amide bonds. The first-order chi connectivity index (χ1) is 8.32. The molecule has 0 aliphatic heterocycles. The Kier molecular flexibility index (Phi) is 5.43. The molecule has 0 saturated heterocycles. The molecule has 0 N–H and O–H groups in total. The molecular weight excluding hydrogens is 358 g/mol. The van der Waals surface area contributed by atoms with Gasteiger partial charge in [-0.2, -0.15) is 13.2 Å². The third-order valence-corrected chi connectivity index (χ3v) is 3.54. The summed E-state index contributed by atoms with van der Waals surface area (Å²) in [6, 6.07) is 7.68. The van der Waals surface area contributed by atoms with Crippen LogP contribution in [0.15, 0.2) is 24.3 Å². The zero-order valence-electron chi connectivity index (χ0n) is 9.80. The molecule has 1 aromatic rings. The maximum atomic E-state index is 12.1. The SMILES string of the molecule is CN(CCCc1ccccc1I)C(=O)C(F)(F)F. The molecule has 1 aromatic carbocycles. The Bertz CT molecular complexity index is 420. The quantitative estimate of drug-likeness (QED) is 0.745. The summed E-state index contributed by atoms with van der Waals surface area (Å²) < 4.78 is 37.4. The standard InChI is InChI=1S/C12H13F3INO/c1-17(11(18)12(13,14)15)8-4-6-9-5-2-3-7-10(9)16/h2-3,5,7H,4,6,8H2,1H3. The Labute approximate surface area is 117 Å². The second kappa shape index (κ2) is 6.40. The van der Waals surface area contributed by atoms with E-state index in [1.165, 1.54) is 7.05 Å². The van der Waals surface area contributed by atoms with Gasteiger partial charge in [0.05, 0.1) is 0 Å². The lowest BCUT2D eigenvalue weighted by Gasteiger charge is -2.18. The lowest BCUT2D eigenvalue weighted by molar-refractivity contribution is -0.184. The van der Waals surface area contributed by atoms with Crippen molar-refractivity contribution in [3.63, 3.8) is 0 Å². The fourth-order valence-corrected chi connectivity index (χ4v) is 2.18. The molecule has 0 unspecified atom stereocenters. The molecule has 0 saturated carbocycles. The Hall–Kier alpha value is -0.790. The molecule has 0 bridgehead atoms. The average molecular weight is 371 g/mol. The van der Waals surface area contributed by atoms with Crippen molar-refractivity contribution in [1.29, 1.82) is 0 Å². The van der Waals surface area contributed by atoms with Gasteiger partial charge in [0, 0.05) is 17.2 Å². The molecule has 2 nitrogen and oxygen atoms in total. The highest BCUT2D eigenvalue weighted by molar-refractivity contribution is 14.1. The topological polar surface area (TPSA) is 20.3 Å². The van der Waals surface area contributed by atoms with Crippen LogP contribution in [-0.2, 0) is 11.2 Å². The number of nitrogens with zero attached hydrogens (tertiary/aromatic N) is 1. The van der Waals surface area contributed by atoms with Gasteiger partial charge in [0.2, 0.25) is 0 Å². The van der Waals surface area contributed by atoms with Gasteiger partial charge in [0.1, 0.15) is 0 Å². The minimum Gasteiger partial charge on any atom is -0.338 e. The number of amides is 1. The first-order valence-electron chi connectivity index (χ1n) is 5.38. The average Bonchev–Trinajstić information content (AvgIpc) is 2.29. The number of rotatable bonds is 4. The smallest absolute Gasteiger partial charge is 0.338 e. The maximum Gasteiger partial charge on any atom is 0.471 e. The Morgan fingerprint density at radius 3 is 2.50 bits per heavy atom. The van der Waals surface area contributed by atoms with E-state index in [4.69, 9.17) is 0 Å². The van der Waals surface area contributed by atoms with Crippen molar-refractivity contribution in [3.05, 3.63) is 33.4 Å². The van der Waals surface area contributed by atoms with E-state index < -0.39 is 12.1 Å². The van der Waals surface area contributed by atoms with E-state index in [9.17, 15) is 18.0 Å². The van der Waals surface area contributed by atoms with Crippen LogP contribution in [0.5, 0.6) is 0 Å². The fourth-order valence-electron chi connectivity index (χ4n) is 1.53. The predicted octanol–water partition coefficient (Wildman–Crippen LogP) is 3.24. The number of hydrogen-bond acceptors (Lipinski definition) is 1. The van der Waals surface area contributed by atoms with E-state index in [1.807, 2.05) is 24.3 Å². The molecule has 1 rings (SSSR count). The number of hydrogen-bond donors (Lipinski definition) is 0. The number of aryl methyl sites for hydroxylation is 1. The van der Waals surface area contributed by atoms with Gasteiger partial charge in [-0.3, -0.25) is 4.79 Å². The molecule has 0 radical (unpaired) electrons. The molecule has 0 fully saturated rings. The highest BCUT2D eigenvalue weighted by Gasteiger charge is 2.40. The molecule has 0 heterocycles. The largest absolute Gasteiger partial charge is 0.471 e. The zero-order valence-corrected chi connectivity index (χ0v) is 12.0. The first kappa shape index (κ1) is 15.3. The molecule has 0 aliphatic carbocycles. The van der Waals surface area contributed by atoms with Gasteiger partial charge in [-0.1, -0.05) is 18.2 Å². The highest BCUT2D eigenvalue weighted by atomic mass is 127. The summed E-state index contributed by atoms with van der Waals surface area (Å²) in [7, 11) is 1.17. The van der Waals surface area contributed by atoms with Crippen LogP contribution in [0.1, 0.15) is 12.0 Å². The van der Waals surface area contributed by atoms with Crippen molar-refractivity contribution in [2.75, 3.05) is 13.6 Å². The minimum absolute atomic E-state index is 0.101. The van der Waals surface area contributed by atoms with Crippen LogP contribution < -0.4 is 0 Å². The summed E-state index contributed by atoms with van der Waals surface area (Å²) in [5.41, 5.74) is 1.09. The molecule has 18 heavy (non-hydrogen) atoms. The fraction of sp³-hybridized carbons (Fsp3) is 0.417. The van der Waals surface area contributed by atoms with Crippen LogP contribution in [-0.4, -0.2) is 30.6 Å². The van der Waals surface area contributed by atoms with Crippen molar-refractivity contribution in [2.24, 2.45) is 0 Å². The van der Waals surface area contributed by atoms with E-state index in [0.717, 1.165) is 14.0 Å². The normalized spacial score (nSPS) is 11.4. The third-order valence-electron chi connectivity index (χ3n) is 2.49. The number of alkyl halides is 3. The highest BCUT2D eigenvalue weighted by Crippen LogP contribution is 2.18.